The molecule has 2 atom stereocenters. The summed E-state index contributed by atoms with van der Waals surface area (Å²) in [5, 5.41) is 0. The highest BCUT2D eigenvalue weighted by molar-refractivity contribution is 7.45. The van der Waals surface area contributed by atoms with Crippen molar-refractivity contribution >= 4 is 7.82 Å². The van der Waals surface area contributed by atoms with E-state index in [1.165, 1.54) is 0 Å². The van der Waals surface area contributed by atoms with Crippen LogP contribution in [0.2, 0.25) is 0 Å². The van der Waals surface area contributed by atoms with Crippen molar-refractivity contribution in [3.05, 3.63) is 425 Å². The number of fused-ring (bicyclic) bond motifs is 2. The Morgan fingerprint density at radius 2 is 0.511 bits per heavy atom. The Kier molecular flexibility index (Phi) is 40.9. The molecule has 0 N–H and O–H groups in total. The second-order valence-electron chi connectivity index (χ2n) is 20.4. The molecule has 0 aromatic carbocycles. The highest BCUT2D eigenvalue weighted by atomic mass is 31.2. The van der Waals surface area contributed by atoms with E-state index in [2.05, 4.69) is 0 Å². The van der Waals surface area contributed by atoms with Crippen molar-refractivity contribution in [3.8, 4) is 33.8 Å². The minimum absolute atomic E-state index is 0.0906. The fourth-order valence-corrected chi connectivity index (χ4v) is 8.06. The molecule has 0 aromatic rings. The van der Waals surface area contributed by atoms with Crippen molar-refractivity contribution in [2.75, 3.05) is 47.5 Å². The van der Waals surface area contributed by atoms with Gasteiger partial charge in [0, 0.05) is 11.1 Å². The first-order chi connectivity index (χ1) is 45.2. The maximum absolute atomic E-state index is 13.8. The molecule has 4 aliphatic carbocycles. The van der Waals surface area contributed by atoms with Crippen LogP contribution in [0.15, 0.2) is 425 Å². The number of likely N-dealkylation sites (N-methyl/N-ethyl adjacent to an activating group) is 1. The van der Waals surface area contributed by atoms with Crippen LogP contribution in [0.25, 0.3) is 22.3 Å². The van der Waals surface area contributed by atoms with Gasteiger partial charge in [0.15, 0.2) is 6.10 Å². The first kappa shape index (κ1) is 74.3. The second-order valence-corrected chi connectivity index (χ2v) is 21.8. The molecule has 1 unspecified atom stereocenters. The summed E-state index contributed by atoms with van der Waals surface area (Å²) < 4.78 is 39.9. The number of hydrogen-bond donors (Lipinski definition) is 0. The zero-order valence-corrected chi connectivity index (χ0v) is 54.1. The van der Waals surface area contributed by atoms with Gasteiger partial charge in [-0.2, -0.15) is 0 Å². The number of rotatable bonds is 12. The van der Waals surface area contributed by atoms with Gasteiger partial charge in [0.2, 0.25) is 0 Å². The molecule has 4 aliphatic rings. The van der Waals surface area contributed by atoms with Crippen molar-refractivity contribution in [2.24, 2.45) is 0 Å². The van der Waals surface area contributed by atoms with Gasteiger partial charge in [-0.3, -0.25) is 4.57 Å². The Morgan fingerprint density at radius 3 is 0.772 bits per heavy atom. The van der Waals surface area contributed by atoms with Crippen LogP contribution in [-0.2, 0) is 13.6 Å². The topological polar surface area (TPSA) is 77.1 Å². The summed E-state index contributed by atoms with van der Waals surface area (Å²) in [6, 6.07) is 137. The van der Waals surface area contributed by atoms with Crippen molar-refractivity contribution in [1.29, 1.82) is 0 Å². The highest BCUT2D eigenvalue weighted by Gasteiger charge is 2.21. The first-order valence-corrected chi connectivity index (χ1v) is 32.0. The molecule has 4 rings (SSSR count). The molecule has 0 bridgehead atoms. The van der Waals surface area contributed by atoms with Gasteiger partial charge in [-0.25, -0.2) is 0 Å². The van der Waals surface area contributed by atoms with Gasteiger partial charge in [-0.15, -0.1) is 0 Å². The number of phosphoric acid groups is 1. The van der Waals surface area contributed by atoms with Crippen LogP contribution in [0.1, 0.15) is 0 Å². The lowest BCUT2D eigenvalue weighted by Gasteiger charge is -2.29. The highest BCUT2D eigenvalue weighted by Crippen LogP contribution is 2.39. The second kappa shape index (κ2) is 50.6. The van der Waals surface area contributed by atoms with E-state index in [1.54, 1.807) is 0 Å². The van der Waals surface area contributed by atoms with Crippen molar-refractivity contribution in [2.45, 2.75) is 6.10 Å². The molecule has 0 saturated carbocycles. The van der Waals surface area contributed by atoms with Crippen LogP contribution >= 0.6 is 7.82 Å². The lowest BCUT2D eigenvalue weighted by atomic mass is 10.1. The predicted octanol–water partition coefficient (Wildman–Crippen LogP) is 20.7. The largest absolute Gasteiger partial charge is 0.756 e. The van der Waals surface area contributed by atoms with E-state index in [4.69, 9.17) is 18.5 Å². The van der Waals surface area contributed by atoms with Crippen molar-refractivity contribution < 1.29 is 32.5 Å². The van der Waals surface area contributed by atoms with Crippen LogP contribution in [0, 0.1) is 0 Å². The third kappa shape index (κ3) is 40.4. The molecule has 7 nitrogen and oxygen atoms in total. The maximum atomic E-state index is 13.8. The summed E-state index contributed by atoms with van der Waals surface area (Å²) in [5.74, 6) is 0.812. The van der Waals surface area contributed by atoms with E-state index in [1.807, 2.05) is 446 Å². The van der Waals surface area contributed by atoms with E-state index < -0.39 is 20.5 Å². The smallest absolute Gasteiger partial charge is 0.268 e. The summed E-state index contributed by atoms with van der Waals surface area (Å²) >= 11 is 0. The SMILES string of the molecule is C[N+](C)(C)CCOP(=O)([O-])OC[C@@H](COc1cccccccccccccccccc2ccccccccccccccccccc1-2)Oc1cccccccccccccccccc2ccccccccccccccccccc1-2. The maximum Gasteiger partial charge on any atom is 0.268 e. The molecular formula is C84H88NO6P. The first-order valence-electron chi connectivity index (χ1n) is 30.5. The van der Waals surface area contributed by atoms with E-state index in [0.717, 1.165) is 11.1 Å². The van der Waals surface area contributed by atoms with Crippen LogP contribution in [0.3, 0.4) is 0 Å². The normalized spacial score (nSPS) is 10.5. The Bertz CT molecular complexity index is 3670. The molecule has 0 amide bonds. The zero-order valence-electron chi connectivity index (χ0n) is 53.2. The van der Waals surface area contributed by atoms with E-state index in [-0.39, 0.29) is 13.2 Å². The summed E-state index contributed by atoms with van der Waals surface area (Å²) in [4.78, 5) is 13.8. The standard InChI is InChI=1S/C84H88NO6P/c1-85(2,3)74-75-89-92(86,87)90-77-80(91-84-73-65-57-49-41-33-25-17-9-13-21-29-37-45-53-61-69-79-68-60-52-44-36-28-19-11-5-7-15-23-31-39-47-55-63-71-82(79)84)76-88-83-72-64-56-48-40-32-24-16-8-12-20-27-35-43-51-59-67-78-66-58-50-42-34-26-18-10-4-6-14-22-30-38-46-54-62-70-81(78)83/h4-73,80H,74-77H2,1-3H3/t80-/m1/s1. The molecule has 470 valence electrons. The molecule has 0 spiro atoms. The number of quaternary nitrogens is 1. The van der Waals surface area contributed by atoms with Gasteiger partial charge in [0.1, 0.15) is 31.3 Å². The van der Waals surface area contributed by atoms with Crippen LogP contribution in [0.5, 0.6) is 11.5 Å². The average molecular weight is 1240 g/mol. The van der Waals surface area contributed by atoms with Crippen molar-refractivity contribution in [1.82, 2.24) is 0 Å². The molecule has 8 heteroatoms. The number of hydrogen-bond acceptors (Lipinski definition) is 6. The molecule has 0 saturated heterocycles. The van der Waals surface area contributed by atoms with E-state index in [9.17, 15) is 9.46 Å². The molecule has 0 radical (unpaired) electrons. The van der Waals surface area contributed by atoms with E-state index >= 15 is 0 Å². The minimum atomic E-state index is -4.91. The summed E-state index contributed by atoms with van der Waals surface area (Å²) in [6.45, 7) is -0.378. The number of phosphoric ester groups is 1. The zero-order chi connectivity index (χ0) is 65.2. The van der Waals surface area contributed by atoms with Gasteiger partial charge in [0.25, 0.3) is 7.82 Å². The van der Waals surface area contributed by atoms with Gasteiger partial charge in [0.05, 0.1) is 27.7 Å². The van der Waals surface area contributed by atoms with Crippen LogP contribution < -0.4 is 14.4 Å². The Hall–Kier alpha value is -10.2. The number of ether oxygens (including phenoxy) is 2. The Morgan fingerprint density at radius 1 is 0.293 bits per heavy atom. The average Bonchev–Trinajstić information content (AvgIpc) is 1.06. The van der Waals surface area contributed by atoms with Gasteiger partial charge < -0.3 is 27.9 Å². The monoisotopic (exact) mass is 1240 g/mol. The predicted molar refractivity (Wildman–Crippen MR) is 385 cm³/mol. The van der Waals surface area contributed by atoms with Gasteiger partial charge in [-0.05, 0) is 23.3 Å². The minimum Gasteiger partial charge on any atom is -0.756 e. The Balaban J connectivity index is 2.25. The van der Waals surface area contributed by atoms with E-state index in [0.29, 0.717) is 33.7 Å². The lowest BCUT2D eigenvalue weighted by molar-refractivity contribution is -0.870. The molecule has 0 heterocycles. The third-order valence-corrected chi connectivity index (χ3v) is 12.8. The van der Waals surface area contributed by atoms with Crippen molar-refractivity contribution in [3.63, 3.8) is 0 Å². The molecule has 92 heavy (non-hydrogen) atoms. The van der Waals surface area contributed by atoms with Crippen LogP contribution in [0.4, 0.5) is 0 Å². The molecular weight excluding hydrogens is 1150 g/mol. The third-order valence-electron chi connectivity index (χ3n) is 11.9. The lowest BCUT2D eigenvalue weighted by Crippen LogP contribution is -2.37. The summed E-state index contributed by atoms with van der Waals surface area (Å²) in [5.41, 5.74) is 2.89. The fraction of sp³-hybridized carbons (Fsp3) is 0.0952. The molecule has 0 fully saturated rings. The summed E-state index contributed by atoms with van der Waals surface area (Å²) in [6.07, 6.45) is -1.10. The molecule has 0 aromatic heterocycles. The Labute approximate surface area is 549 Å². The molecule has 0 aliphatic heterocycles. The van der Waals surface area contributed by atoms with Gasteiger partial charge >= 0.3 is 0 Å². The number of nitrogens with zero attached hydrogens (tertiary/aromatic N) is 1. The fourth-order valence-electron chi connectivity index (χ4n) is 7.33. The quantitative estimate of drug-likeness (QED) is 0.104. The van der Waals surface area contributed by atoms with Crippen LogP contribution in [-0.4, -0.2) is 58.1 Å². The van der Waals surface area contributed by atoms with Gasteiger partial charge in [-0.1, -0.05) is 413 Å². The summed E-state index contributed by atoms with van der Waals surface area (Å²) in [7, 11) is 0.957.